The van der Waals surface area contributed by atoms with E-state index in [1.807, 2.05) is 78.9 Å². The van der Waals surface area contributed by atoms with Gasteiger partial charge in [0.1, 0.15) is 17.1 Å². The molecule has 1 atom stereocenters. The van der Waals surface area contributed by atoms with E-state index in [9.17, 15) is 41.1 Å². The van der Waals surface area contributed by atoms with Gasteiger partial charge in [0.25, 0.3) is 11.8 Å². The minimum absolute atomic E-state index is 0.0221. The molecule has 2 N–H and O–H groups in total. The van der Waals surface area contributed by atoms with E-state index in [2.05, 4.69) is 15.4 Å². The predicted molar refractivity (Wildman–Crippen MR) is 214 cm³/mol. The maximum absolute atomic E-state index is 14.4. The summed E-state index contributed by atoms with van der Waals surface area (Å²) in [5.41, 5.74) is 0.0586. The monoisotopic (exact) mass is 860 g/mol. The summed E-state index contributed by atoms with van der Waals surface area (Å²) in [6.07, 6.45) is 1.40. The summed E-state index contributed by atoms with van der Waals surface area (Å²) in [6.45, 7) is 1.85. The van der Waals surface area contributed by atoms with Crippen LogP contribution < -0.4 is 24.8 Å². The lowest BCUT2D eigenvalue weighted by Crippen LogP contribution is -2.34. The average molecular weight is 861 g/mol. The molecule has 0 radical (unpaired) electrons. The molecule has 5 aromatic rings. The summed E-state index contributed by atoms with van der Waals surface area (Å²) in [6, 6.07) is 26.0. The molecule has 1 heterocycles. The number of nitrogens with one attached hydrogen (secondary N) is 2. The molecule has 0 fully saturated rings. The van der Waals surface area contributed by atoms with E-state index in [-0.39, 0.29) is 29.7 Å². The molecule has 0 saturated heterocycles. The number of hydrogen-bond acceptors (Lipinski definition) is 9. The molecule has 1 unspecified atom stereocenters. The van der Waals surface area contributed by atoms with Gasteiger partial charge in [-0.1, -0.05) is 74.0 Å². The first kappa shape index (κ1) is 44.7. The molecule has 6 rings (SSSR count). The number of hydrogen-bond donors (Lipinski definition) is 2. The van der Waals surface area contributed by atoms with Gasteiger partial charge in [0.05, 0.1) is 43.6 Å². The first-order valence-electron chi connectivity index (χ1n) is 19.5. The molecule has 1 aliphatic rings. The maximum Gasteiger partial charge on any atom is 0.407 e. The van der Waals surface area contributed by atoms with E-state index in [4.69, 9.17) is 18.9 Å². The zero-order valence-corrected chi connectivity index (χ0v) is 33.8. The fourth-order valence-corrected chi connectivity index (χ4v) is 7.32. The average Bonchev–Trinajstić information content (AvgIpc) is 3.59. The fourth-order valence-electron chi connectivity index (χ4n) is 7.32. The highest BCUT2D eigenvalue weighted by Crippen LogP contribution is 2.45. The molecule has 11 nitrogen and oxygen atoms in total. The topological polar surface area (TPSA) is 138 Å². The largest absolute Gasteiger partial charge is 0.497 e. The van der Waals surface area contributed by atoms with E-state index in [0.29, 0.717) is 43.8 Å². The number of carbonyl (C=O) groups is 4. The van der Waals surface area contributed by atoms with Gasteiger partial charge in [-0.2, -0.15) is 8.78 Å². The smallest absolute Gasteiger partial charge is 0.407 e. The van der Waals surface area contributed by atoms with Gasteiger partial charge < -0.3 is 29.0 Å². The van der Waals surface area contributed by atoms with E-state index >= 15 is 0 Å². The Hall–Kier alpha value is -6.81. The van der Waals surface area contributed by atoms with Gasteiger partial charge in [0.15, 0.2) is 0 Å². The molecule has 3 amide bonds. The van der Waals surface area contributed by atoms with Crippen molar-refractivity contribution in [2.24, 2.45) is 0 Å². The molecule has 0 spiro atoms. The Morgan fingerprint density at radius 3 is 1.89 bits per heavy atom. The van der Waals surface area contributed by atoms with Crippen LogP contribution in [-0.4, -0.2) is 51.3 Å². The molecular formula is C46H41F5N2O9. The van der Waals surface area contributed by atoms with Crippen LogP contribution in [0.3, 0.4) is 0 Å². The van der Waals surface area contributed by atoms with Gasteiger partial charge in [-0.3, -0.25) is 14.9 Å². The minimum atomic E-state index is -2.47. The number of alkyl carbamates (subject to hydrolysis) is 1. The second kappa shape index (κ2) is 19.7. The van der Waals surface area contributed by atoms with Crippen molar-refractivity contribution < 1.29 is 64.8 Å². The third kappa shape index (κ3) is 8.96. The number of methoxy groups -OCH3 is 2. The maximum atomic E-state index is 14.4. The number of imide groups is 1. The summed E-state index contributed by atoms with van der Waals surface area (Å²) in [5, 5.41) is 4.59. The van der Waals surface area contributed by atoms with Gasteiger partial charge >= 0.3 is 12.1 Å². The Morgan fingerprint density at radius 2 is 1.31 bits per heavy atom. The Labute approximate surface area is 353 Å². The molecular weight excluding hydrogens is 820 g/mol. The van der Waals surface area contributed by atoms with Gasteiger partial charge in [-0.25, -0.2) is 22.8 Å². The number of amides is 3. The molecule has 0 saturated carbocycles. The Bertz CT molecular complexity index is 2400. The summed E-state index contributed by atoms with van der Waals surface area (Å²) >= 11 is 0. The normalized spacial score (nSPS) is 12.6. The van der Waals surface area contributed by atoms with E-state index in [1.165, 1.54) is 0 Å². The van der Waals surface area contributed by atoms with Gasteiger partial charge in [-0.05, 0) is 61.1 Å². The van der Waals surface area contributed by atoms with Crippen molar-refractivity contribution in [1.29, 1.82) is 0 Å². The van der Waals surface area contributed by atoms with Crippen LogP contribution in [0.1, 0.15) is 98.4 Å². The SMILES string of the molecule is CCC(NC(=O)OCCCCCCOC(c1ccccc1)(c1ccccc1)c1ccc(OC)cc1OC)c1c(C(=O)Oc2c(F)c(F)c(F)c(F)c2F)ccc2c1C(=O)NC2=O. The second-order valence-electron chi connectivity index (χ2n) is 14.0. The molecule has 16 heteroatoms. The van der Waals surface area contributed by atoms with E-state index in [0.717, 1.165) is 28.8 Å². The summed E-state index contributed by atoms with van der Waals surface area (Å²) in [4.78, 5) is 51.8. The van der Waals surface area contributed by atoms with Crippen molar-refractivity contribution in [2.45, 2.75) is 50.7 Å². The number of carbonyl (C=O) groups excluding carboxylic acids is 4. The third-order valence-corrected chi connectivity index (χ3v) is 10.3. The highest BCUT2D eigenvalue weighted by molar-refractivity contribution is 6.23. The number of fused-ring (bicyclic) bond motifs is 1. The van der Waals surface area contributed by atoms with Crippen LogP contribution in [-0.2, 0) is 15.1 Å². The summed E-state index contributed by atoms with van der Waals surface area (Å²) in [7, 11) is 3.17. The van der Waals surface area contributed by atoms with Gasteiger partial charge in [0.2, 0.25) is 34.8 Å². The molecule has 324 valence electrons. The molecule has 0 aliphatic carbocycles. The van der Waals surface area contributed by atoms with Crippen molar-refractivity contribution in [3.63, 3.8) is 0 Å². The number of unbranched alkanes of at least 4 members (excludes halogenated alkanes) is 3. The van der Waals surface area contributed by atoms with Crippen LogP contribution >= 0.6 is 0 Å². The minimum Gasteiger partial charge on any atom is -0.497 e. The lowest BCUT2D eigenvalue weighted by molar-refractivity contribution is 0.00892. The molecule has 0 bridgehead atoms. The van der Waals surface area contributed by atoms with Gasteiger partial charge in [0, 0.05) is 23.8 Å². The first-order valence-corrected chi connectivity index (χ1v) is 19.5. The quantitative estimate of drug-likeness (QED) is 0.0129. The van der Waals surface area contributed by atoms with Crippen molar-refractivity contribution in [3.05, 3.63) is 159 Å². The number of ether oxygens (including phenoxy) is 5. The van der Waals surface area contributed by atoms with Crippen LogP contribution in [0.2, 0.25) is 0 Å². The first-order chi connectivity index (χ1) is 29.9. The van der Waals surface area contributed by atoms with E-state index in [1.54, 1.807) is 21.1 Å². The molecule has 62 heavy (non-hydrogen) atoms. The van der Waals surface area contributed by atoms with Crippen LogP contribution in [0.5, 0.6) is 17.2 Å². The standard InChI is InChI=1S/C46H41F5N2O9/c1-4-32(34-30(21-20-29-35(34)43(55)53-42(29)54)44(56)62-41-39(50)37(48)36(47)38(49)40(41)51)52-45(57)60-23-13-5-6-14-24-61-46(26-15-9-7-10-16-26,27-17-11-8-12-18-27)31-22-19-28(58-2)25-33(31)59-3/h7-12,15-22,25,32H,4-6,13-14,23-24H2,1-3H3,(H,52,57)(H,53,54,55). The van der Waals surface area contributed by atoms with Crippen LogP contribution in [0, 0.1) is 29.1 Å². The predicted octanol–water partition coefficient (Wildman–Crippen LogP) is 9.25. The highest BCUT2D eigenvalue weighted by Gasteiger charge is 2.41. The number of benzene rings is 5. The van der Waals surface area contributed by atoms with Gasteiger partial charge in [-0.15, -0.1) is 0 Å². The zero-order valence-electron chi connectivity index (χ0n) is 33.8. The Balaban J connectivity index is 1.11. The van der Waals surface area contributed by atoms with Crippen molar-refractivity contribution in [3.8, 4) is 17.2 Å². The Morgan fingerprint density at radius 1 is 0.710 bits per heavy atom. The fraction of sp³-hybridized carbons (Fsp3) is 0.261. The molecule has 1 aliphatic heterocycles. The number of halogens is 5. The second-order valence-corrected chi connectivity index (χ2v) is 14.0. The summed E-state index contributed by atoms with van der Waals surface area (Å²) < 4.78 is 98.5. The van der Waals surface area contributed by atoms with Crippen molar-refractivity contribution in [1.82, 2.24) is 10.6 Å². The lowest BCUT2D eigenvalue weighted by atomic mass is 9.79. The van der Waals surface area contributed by atoms with Crippen molar-refractivity contribution in [2.75, 3.05) is 27.4 Å². The van der Waals surface area contributed by atoms with Crippen LogP contribution in [0.4, 0.5) is 26.7 Å². The number of esters is 1. The van der Waals surface area contributed by atoms with E-state index < -0.39 is 75.9 Å². The zero-order chi connectivity index (χ0) is 44.6. The lowest BCUT2D eigenvalue weighted by Gasteiger charge is -2.37. The number of rotatable bonds is 18. The van der Waals surface area contributed by atoms with Crippen LogP contribution in [0.25, 0.3) is 0 Å². The highest BCUT2D eigenvalue weighted by atomic mass is 19.2. The molecule has 0 aromatic heterocycles. The third-order valence-electron chi connectivity index (χ3n) is 10.3. The Kier molecular flexibility index (Phi) is 14.2. The van der Waals surface area contributed by atoms with Crippen LogP contribution in [0.15, 0.2) is 91.0 Å². The molecule has 5 aromatic carbocycles. The van der Waals surface area contributed by atoms with Crippen molar-refractivity contribution >= 4 is 23.9 Å². The summed E-state index contributed by atoms with van der Waals surface area (Å²) in [5.74, 6) is -16.1.